The predicted octanol–water partition coefficient (Wildman–Crippen LogP) is 1.98. The first-order valence-electron chi connectivity index (χ1n) is 7.40. The number of para-hydroxylation sites is 1. The first kappa shape index (κ1) is 14.9. The van der Waals surface area contributed by atoms with E-state index < -0.39 is 0 Å². The van der Waals surface area contributed by atoms with Gasteiger partial charge in [0.05, 0.1) is 7.11 Å². The molecule has 1 aliphatic rings. The van der Waals surface area contributed by atoms with Crippen molar-refractivity contribution in [1.82, 2.24) is 5.32 Å². The molecule has 4 heteroatoms. The van der Waals surface area contributed by atoms with Crippen molar-refractivity contribution >= 4 is 11.7 Å². The number of benzene rings is 1. The molecule has 0 spiro atoms. The summed E-state index contributed by atoms with van der Waals surface area (Å²) in [5, 5.41) is 3.20. The molecule has 0 saturated carbocycles. The number of rotatable bonds is 6. The number of nitrogens with one attached hydrogen (secondary N) is 1. The highest BCUT2D eigenvalue weighted by Crippen LogP contribution is 2.26. The van der Waals surface area contributed by atoms with Crippen molar-refractivity contribution in [2.75, 3.05) is 31.6 Å². The van der Waals surface area contributed by atoms with Crippen LogP contribution >= 0.6 is 0 Å². The molecule has 1 N–H and O–H groups in total. The van der Waals surface area contributed by atoms with Crippen molar-refractivity contribution in [3.63, 3.8) is 0 Å². The summed E-state index contributed by atoms with van der Waals surface area (Å²) in [5.41, 5.74) is 2.73. The van der Waals surface area contributed by atoms with E-state index in [1.165, 1.54) is 24.8 Å². The summed E-state index contributed by atoms with van der Waals surface area (Å²) in [4.78, 5) is 14.1. The summed E-state index contributed by atoms with van der Waals surface area (Å²) >= 11 is 0. The lowest BCUT2D eigenvalue weighted by atomic mass is 10.0. The highest BCUT2D eigenvalue weighted by Gasteiger charge is 2.21. The number of esters is 1. The molecule has 0 saturated heterocycles. The van der Waals surface area contributed by atoms with Gasteiger partial charge < -0.3 is 15.0 Å². The minimum atomic E-state index is -0.209. The van der Waals surface area contributed by atoms with Gasteiger partial charge >= 0.3 is 5.97 Å². The first-order valence-corrected chi connectivity index (χ1v) is 7.40. The average Bonchev–Trinajstić information content (AvgIpc) is 2.50. The molecule has 0 fully saturated rings. The Morgan fingerprint density at radius 3 is 3.00 bits per heavy atom. The van der Waals surface area contributed by atoms with Gasteiger partial charge in [-0.2, -0.15) is 0 Å². The molecule has 1 heterocycles. The topological polar surface area (TPSA) is 41.6 Å². The molecule has 1 unspecified atom stereocenters. The number of anilines is 1. The summed E-state index contributed by atoms with van der Waals surface area (Å²) < 4.78 is 4.85. The van der Waals surface area contributed by atoms with Crippen LogP contribution in [-0.2, 0) is 16.0 Å². The minimum Gasteiger partial charge on any atom is -0.468 e. The van der Waals surface area contributed by atoms with Crippen LogP contribution in [0.4, 0.5) is 5.69 Å². The van der Waals surface area contributed by atoms with Crippen molar-refractivity contribution in [1.29, 1.82) is 0 Å². The summed E-state index contributed by atoms with van der Waals surface area (Å²) in [6.45, 7) is 4.73. The molecular weight excluding hydrogens is 252 g/mol. The fourth-order valence-electron chi connectivity index (χ4n) is 2.82. The van der Waals surface area contributed by atoms with Crippen LogP contribution in [0.5, 0.6) is 0 Å². The van der Waals surface area contributed by atoms with Crippen molar-refractivity contribution in [2.45, 2.75) is 32.2 Å². The van der Waals surface area contributed by atoms with E-state index >= 15 is 0 Å². The lowest BCUT2D eigenvalue weighted by molar-refractivity contribution is -0.143. The maximum atomic E-state index is 11.7. The van der Waals surface area contributed by atoms with Crippen LogP contribution in [0, 0.1) is 0 Å². The third kappa shape index (κ3) is 3.51. The first-order chi connectivity index (χ1) is 9.76. The van der Waals surface area contributed by atoms with Crippen molar-refractivity contribution in [3.05, 3.63) is 29.8 Å². The Morgan fingerprint density at radius 2 is 2.25 bits per heavy atom. The quantitative estimate of drug-likeness (QED) is 0.807. The average molecular weight is 276 g/mol. The van der Waals surface area contributed by atoms with Gasteiger partial charge in [0, 0.05) is 18.8 Å². The number of likely N-dealkylation sites (N-methyl/N-ethyl adjacent to an activating group) is 1. The Balaban J connectivity index is 1.98. The van der Waals surface area contributed by atoms with Crippen LogP contribution in [0.2, 0.25) is 0 Å². The number of methoxy groups -OCH3 is 1. The second-order valence-electron chi connectivity index (χ2n) is 5.14. The molecule has 0 aromatic heterocycles. The van der Waals surface area contributed by atoms with E-state index in [-0.39, 0.29) is 12.0 Å². The molecule has 1 atom stereocenters. The van der Waals surface area contributed by atoms with Crippen LogP contribution in [0.1, 0.15) is 25.3 Å². The molecule has 2 rings (SSSR count). The number of ether oxygens (including phenoxy) is 1. The summed E-state index contributed by atoms with van der Waals surface area (Å²) in [6.07, 6.45) is 3.11. The number of carbonyl (C=O) groups is 1. The second kappa shape index (κ2) is 7.29. The molecular formula is C16H24N2O2. The molecule has 1 aromatic rings. The smallest absolute Gasteiger partial charge is 0.322 e. The summed E-state index contributed by atoms with van der Waals surface area (Å²) in [5.74, 6) is -0.169. The number of nitrogens with zero attached hydrogens (tertiary/aromatic N) is 1. The van der Waals surface area contributed by atoms with Gasteiger partial charge in [-0.3, -0.25) is 4.79 Å². The molecule has 0 amide bonds. The fraction of sp³-hybridized carbons (Fsp3) is 0.562. The number of hydrogen-bond donors (Lipinski definition) is 1. The van der Waals surface area contributed by atoms with E-state index in [4.69, 9.17) is 4.74 Å². The van der Waals surface area contributed by atoms with Gasteiger partial charge in [0.1, 0.15) is 6.04 Å². The van der Waals surface area contributed by atoms with Gasteiger partial charge in [-0.1, -0.05) is 25.1 Å². The second-order valence-corrected chi connectivity index (χ2v) is 5.14. The van der Waals surface area contributed by atoms with Gasteiger partial charge in [-0.05, 0) is 37.4 Å². The van der Waals surface area contributed by atoms with E-state index in [1.807, 2.05) is 6.92 Å². The maximum Gasteiger partial charge on any atom is 0.322 e. The standard InChI is InChI=1S/C16H24N2O2/c1-3-17-14(16(19)20-2)10-12-18-11-6-8-13-7-4-5-9-15(13)18/h4-5,7,9,14,17H,3,6,8,10-12H2,1-2H3. The molecule has 1 aliphatic heterocycles. The molecule has 1 aromatic carbocycles. The number of aryl methyl sites for hydroxylation is 1. The largest absolute Gasteiger partial charge is 0.468 e. The van der Waals surface area contributed by atoms with Gasteiger partial charge in [0.25, 0.3) is 0 Å². The SMILES string of the molecule is CCNC(CCN1CCCc2ccccc21)C(=O)OC. The molecule has 0 radical (unpaired) electrons. The van der Waals surface area contributed by atoms with E-state index in [0.29, 0.717) is 0 Å². The van der Waals surface area contributed by atoms with Crippen LogP contribution < -0.4 is 10.2 Å². The third-order valence-corrected chi connectivity index (χ3v) is 3.83. The predicted molar refractivity (Wildman–Crippen MR) is 81.1 cm³/mol. The number of fused-ring (bicyclic) bond motifs is 1. The van der Waals surface area contributed by atoms with Gasteiger partial charge in [-0.15, -0.1) is 0 Å². The van der Waals surface area contributed by atoms with Gasteiger partial charge in [0.15, 0.2) is 0 Å². The van der Waals surface area contributed by atoms with Gasteiger partial charge in [0.2, 0.25) is 0 Å². The van der Waals surface area contributed by atoms with E-state index in [9.17, 15) is 4.79 Å². The zero-order chi connectivity index (χ0) is 14.4. The highest BCUT2D eigenvalue weighted by atomic mass is 16.5. The molecule has 20 heavy (non-hydrogen) atoms. The zero-order valence-corrected chi connectivity index (χ0v) is 12.4. The lowest BCUT2D eigenvalue weighted by Gasteiger charge is -2.32. The van der Waals surface area contributed by atoms with E-state index in [2.05, 4.69) is 34.5 Å². The molecule has 4 nitrogen and oxygen atoms in total. The Bertz CT molecular complexity index is 448. The van der Waals surface area contributed by atoms with E-state index in [0.717, 1.165) is 32.5 Å². The Morgan fingerprint density at radius 1 is 1.45 bits per heavy atom. The molecule has 0 bridgehead atoms. The summed E-state index contributed by atoms with van der Waals surface area (Å²) in [7, 11) is 1.45. The van der Waals surface area contributed by atoms with Crippen LogP contribution in [-0.4, -0.2) is 38.8 Å². The fourth-order valence-corrected chi connectivity index (χ4v) is 2.82. The lowest BCUT2D eigenvalue weighted by Crippen LogP contribution is -2.41. The Hall–Kier alpha value is -1.55. The number of hydrogen-bond acceptors (Lipinski definition) is 4. The van der Waals surface area contributed by atoms with Crippen LogP contribution in [0.25, 0.3) is 0 Å². The number of carbonyl (C=O) groups excluding carboxylic acids is 1. The van der Waals surface area contributed by atoms with Crippen LogP contribution in [0.15, 0.2) is 24.3 Å². The normalized spacial score (nSPS) is 15.6. The van der Waals surface area contributed by atoms with Crippen LogP contribution in [0.3, 0.4) is 0 Å². The van der Waals surface area contributed by atoms with E-state index in [1.54, 1.807) is 0 Å². The molecule has 110 valence electrons. The molecule has 0 aliphatic carbocycles. The summed E-state index contributed by atoms with van der Waals surface area (Å²) in [6, 6.07) is 8.34. The Kier molecular flexibility index (Phi) is 5.41. The highest BCUT2D eigenvalue weighted by molar-refractivity contribution is 5.75. The van der Waals surface area contributed by atoms with Crippen molar-refractivity contribution < 1.29 is 9.53 Å². The van der Waals surface area contributed by atoms with Crippen molar-refractivity contribution in [2.24, 2.45) is 0 Å². The third-order valence-electron chi connectivity index (χ3n) is 3.83. The Labute approximate surface area is 121 Å². The zero-order valence-electron chi connectivity index (χ0n) is 12.4. The van der Waals surface area contributed by atoms with Crippen molar-refractivity contribution in [3.8, 4) is 0 Å². The maximum absolute atomic E-state index is 11.7. The minimum absolute atomic E-state index is 0.169. The van der Waals surface area contributed by atoms with Gasteiger partial charge in [-0.25, -0.2) is 0 Å². The monoisotopic (exact) mass is 276 g/mol.